The van der Waals surface area contributed by atoms with E-state index in [1.54, 1.807) is 12.1 Å². The van der Waals surface area contributed by atoms with Crippen molar-refractivity contribution in [2.24, 2.45) is 0 Å². The maximum atomic E-state index is 13.0. The summed E-state index contributed by atoms with van der Waals surface area (Å²) in [4.78, 5) is 24.0. The van der Waals surface area contributed by atoms with E-state index >= 15 is 0 Å². The molecule has 0 aliphatic carbocycles. The fraction of sp³-hybridized carbons (Fsp3) is 0.231. The number of aliphatic carboxylic acids is 1. The largest absolute Gasteiger partial charge is 0.479 e. The van der Waals surface area contributed by atoms with Gasteiger partial charge in [0.15, 0.2) is 6.10 Å². The third-order valence-corrected chi connectivity index (χ3v) is 5.10. The van der Waals surface area contributed by atoms with E-state index in [4.69, 9.17) is 9.84 Å². The highest BCUT2D eigenvalue weighted by molar-refractivity contribution is 6.08. The summed E-state index contributed by atoms with van der Waals surface area (Å²) < 4.78 is 7.46. The first-order valence-corrected chi connectivity index (χ1v) is 10.3. The van der Waals surface area contributed by atoms with Crippen LogP contribution in [0.1, 0.15) is 46.7 Å². The van der Waals surface area contributed by atoms with Gasteiger partial charge in [0.25, 0.3) is 0 Å². The maximum absolute atomic E-state index is 13.0. The smallest absolute Gasteiger partial charge is 0.344 e. The van der Waals surface area contributed by atoms with Crippen LogP contribution in [0.5, 0.6) is 5.75 Å². The molecule has 0 saturated heterocycles. The molecule has 0 amide bonds. The van der Waals surface area contributed by atoms with Gasteiger partial charge in [-0.2, -0.15) is 0 Å². The second-order valence-electron chi connectivity index (χ2n) is 7.44. The summed E-state index contributed by atoms with van der Waals surface area (Å²) in [6.45, 7) is 6.12. The standard InChI is InChI=1S/C26H27NO4/c1-4-22-14-15-24(25(28)21-12-10-18(2)11-13-21)27(22)16-6-8-20-7-5-9-23(17-20)31-19(3)26(29)30/h5-15,17,19H,4,16H2,1-3H3,(H,29,30)/b8-6+/t19-/m0/s1. The van der Waals surface area contributed by atoms with Crippen molar-refractivity contribution in [3.8, 4) is 5.75 Å². The van der Waals surface area contributed by atoms with E-state index < -0.39 is 12.1 Å². The topological polar surface area (TPSA) is 68.5 Å². The summed E-state index contributed by atoms with van der Waals surface area (Å²) in [7, 11) is 0. The van der Waals surface area contributed by atoms with Gasteiger partial charge in [-0.1, -0.05) is 61.0 Å². The molecular weight excluding hydrogens is 390 g/mol. The molecule has 0 bridgehead atoms. The number of carboxylic acid groups (broad SMARTS) is 1. The number of ketones is 1. The molecule has 1 heterocycles. The Balaban J connectivity index is 1.78. The second-order valence-corrected chi connectivity index (χ2v) is 7.44. The van der Waals surface area contributed by atoms with Gasteiger partial charge >= 0.3 is 5.97 Å². The number of hydrogen-bond donors (Lipinski definition) is 1. The molecule has 2 aromatic carbocycles. The number of benzene rings is 2. The van der Waals surface area contributed by atoms with Crippen molar-refractivity contribution in [3.63, 3.8) is 0 Å². The van der Waals surface area contributed by atoms with E-state index in [-0.39, 0.29) is 5.78 Å². The molecule has 0 aliphatic rings. The predicted octanol–water partition coefficient (Wildman–Crippen LogP) is 5.16. The highest BCUT2D eigenvalue weighted by atomic mass is 16.5. The molecular formula is C26H27NO4. The van der Waals surface area contributed by atoms with Crippen molar-refractivity contribution in [2.75, 3.05) is 0 Å². The Kier molecular flexibility index (Phi) is 7.08. The van der Waals surface area contributed by atoms with Crippen LogP contribution in [0.3, 0.4) is 0 Å². The molecule has 31 heavy (non-hydrogen) atoms. The quantitative estimate of drug-likeness (QED) is 0.489. The summed E-state index contributed by atoms with van der Waals surface area (Å²) >= 11 is 0. The number of hydrogen-bond acceptors (Lipinski definition) is 3. The predicted molar refractivity (Wildman–Crippen MR) is 122 cm³/mol. The number of allylic oxidation sites excluding steroid dienone is 1. The van der Waals surface area contributed by atoms with E-state index in [9.17, 15) is 9.59 Å². The van der Waals surface area contributed by atoms with E-state index in [0.717, 1.165) is 23.2 Å². The number of carbonyl (C=O) groups is 2. The Morgan fingerprint density at radius 2 is 1.84 bits per heavy atom. The maximum Gasteiger partial charge on any atom is 0.344 e. The highest BCUT2D eigenvalue weighted by Gasteiger charge is 2.15. The van der Waals surface area contributed by atoms with Crippen LogP contribution >= 0.6 is 0 Å². The first-order chi connectivity index (χ1) is 14.9. The van der Waals surface area contributed by atoms with Crippen molar-refractivity contribution in [3.05, 3.63) is 94.8 Å². The van der Waals surface area contributed by atoms with Crippen molar-refractivity contribution in [1.29, 1.82) is 0 Å². The second kappa shape index (κ2) is 9.94. The number of rotatable bonds is 9. The highest BCUT2D eigenvalue weighted by Crippen LogP contribution is 2.18. The zero-order valence-electron chi connectivity index (χ0n) is 18.0. The van der Waals surface area contributed by atoms with Crippen LogP contribution in [0.4, 0.5) is 0 Å². The van der Waals surface area contributed by atoms with Gasteiger partial charge in [-0.25, -0.2) is 4.79 Å². The molecule has 0 spiro atoms. The first kappa shape index (κ1) is 22.1. The molecule has 5 heteroatoms. The molecule has 1 aromatic heterocycles. The number of ether oxygens (including phenoxy) is 1. The molecule has 160 valence electrons. The molecule has 5 nitrogen and oxygen atoms in total. The number of nitrogens with zero attached hydrogens (tertiary/aromatic N) is 1. The molecule has 1 atom stereocenters. The molecule has 0 aliphatic heterocycles. The minimum Gasteiger partial charge on any atom is -0.479 e. The van der Waals surface area contributed by atoms with Gasteiger partial charge < -0.3 is 14.4 Å². The van der Waals surface area contributed by atoms with Crippen LogP contribution in [0.25, 0.3) is 6.08 Å². The third kappa shape index (κ3) is 5.51. The van der Waals surface area contributed by atoms with Crippen molar-refractivity contribution < 1.29 is 19.4 Å². The van der Waals surface area contributed by atoms with Crippen LogP contribution in [-0.4, -0.2) is 27.5 Å². The SMILES string of the molecule is CCc1ccc(C(=O)c2ccc(C)cc2)n1C/C=C/c1cccc(O[C@@H](C)C(=O)O)c1. The van der Waals surface area contributed by atoms with Gasteiger partial charge in [-0.15, -0.1) is 0 Å². The van der Waals surface area contributed by atoms with Crippen molar-refractivity contribution >= 4 is 17.8 Å². The number of aryl methyl sites for hydroxylation is 2. The number of carboxylic acids is 1. The molecule has 3 aromatic rings. The van der Waals surface area contributed by atoms with Gasteiger partial charge in [0.05, 0.1) is 5.69 Å². The Hall–Kier alpha value is -3.60. The van der Waals surface area contributed by atoms with Crippen LogP contribution < -0.4 is 4.74 Å². The summed E-state index contributed by atoms with van der Waals surface area (Å²) in [5.74, 6) is -0.500. The first-order valence-electron chi connectivity index (χ1n) is 10.3. The van der Waals surface area contributed by atoms with E-state index in [0.29, 0.717) is 23.6 Å². The van der Waals surface area contributed by atoms with E-state index in [1.165, 1.54) is 6.92 Å². The molecule has 0 radical (unpaired) electrons. The van der Waals surface area contributed by atoms with Crippen LogP contribution in [0.15, 0.2) is 66.7 Å². The molecule has 0 fully saturated rings. The molecule has 0 unspecified atom stereocenters. The Labute approximate surface area is 182 Å². The third-order valence-electron chi connectivity index (χ3n) is 5.10. The number of aromatic nitrogens is 1. The lowest BCUT2D eigenvalue weighted by atomic mass is 10.1. The monoisotopic (exact) mass is 417 g/mol. The van der Waals surface area contributed by atoms with E-state index in [1.807, 2.05) is 72.2 Å². The fourth-order valence-corrected chi connectivity index (χ4v) is 3.33. The van der Waals surface area contributed by atoms with Gasteiger partial charge in [-0.05, 0) is 50.1 Å². The molecule has 0 saturated carbocycles. The Morgan fingerprint density at radius 1 is 1.10 bits per heavy atom. The molecule has 3 rings (SSSR count). The van der Waals surface area contributed by atoms with Gasteiger partial charge in [0.1, 0.15) is 5.75 Å². The normalized spacial score (nSPS) is 12.1. The average Bonchev–Trinajstić information content (AvgIpc) is 3.17. The summed E-state index contributed by atoms with van der Waals surface area (Å²) in [5, 5.41) is 9.01. The fourth-order valence-electron chi connectivity index (χ4n) is 3.33. The average molecular weight is 418 g/mol. The summed E-state index contributed by atoms with van der Waals surface area (Å²) in [6.07, 6.45) is 3.84. The zero-order chi connectivity index (χ0) is 22.4. The lowest BCUT2D eigenvalue weighted by Crippen LogP contribution is -2.22. The van der Waals surface area contributed by atoms with E-state index in [2.05, 4.69) is 6.92 Å². The lowest BCUT2D eigenvalue weighted by Gasteiger charge is -2.11. The Bertz CT molecular complexity index is 1090. The number of carbonyl (C=O) groups excluding carboxylic acids is 1. The Morgan fingerprint density at radius 3 is 2.52 bits per heavy atom. The summed E-state index contributed by atoms with van der Waals surface area (Å²) in [6, 6.07) is 18.8. The zero-order valence-corrected chi connectivity index (χ0v) is 18.0. The van der Waals surface area contributed by atoms with Crippen LogP contribution in [0, 0.1) is 6.92 Å². The van der Waals surface area contributed by atoms with Crippen LogP contribution in [0.2, 0.25) is 0 Å². The van der Waals surface area contributed by atoms with Gasteiger partial charge in [0.2, 0.25) is 5.78 Å². The minimum absolute atomic E-state index is 0.00570. The van der Waals surface area contributed by atoms with Crippen molar-refractivity contribution in [1.82, 2.24) is 4.57 Å². The lowest BCUT2D eigenvalue weighted by molar-refractivity contribution is -0.144. The summed E-state index contributed by atoms with van der Waals surface area (Å²) in [5.41, 5.74) is 4.44. The van der Waals surface area contributed by atoms with Gasteiger partial charge in [0, 0.05) is 17.8 Å². The van der Waals surface area contributed by atoms with Crippen molar-refractivity contribution in [2.45, 2.75) is 39.8 Å². The molecule has 1 N–H and O–H groups in total. The van der Waals surface area contributed by atoms with Crippen LogP contribution in [-0.2, 0) is 17.8 Å². The van der Waals surface area contributed by atoms with Gasteiger partial charge in [-0.3, -0.25) is 4.79 Å². The minimum atomic E-state index is -1.01.